The molecule has 0 radical (unpaired) electrons. The van der Waals surface area contributed by atoms with Crippen LogP contribution in [-0.2, 0) is 4.74 Å². The number of methoxy groups -OCH3 is 1. The van der Waals surface area contributed by atoms with E-state index in [1.165, 1.54) is 18.1 Å². The van der Waals surface area contributed by atoms with Crippen LogP contribution in [0.2, 0.25) is 0 Å². The summed E-state index contributed by atoms with van der Waals surface area (Å²) in [5.74, 6) is -0.538. The number of esters is 1. The van der Waals surface area contributed by atoms with Gasteiger partial charge in [-0.3, -0.25) is 0 Å². The quantitative estimate of drug-likeness (QED) is 0.819. The average Bonchev–Trinajstić information content (AvgIpc) is 2.87. The molecule has 2 rings (SSSR count). The van der Waals surface area contributed by atoms with Crippen LogP contribution in [0.3, 0.4) is 0 Å². The highest BCUT2D eigenvalue weighted by molar-refractivity contribution is 5.84. The molecule has 6 heteroatoms. The molecular weight excluding hydrogens is 232 g/mol. The summed E-state index contributed by atoms with van der Waals surface area (Å²) in [6, 6.07) is 7.43. The van der Waals surface area contributed by atoms with Crippen molar-refractivity contribution in [3.05, 3.63) is 42.0 Å². The van der Waals surface area contributed by atoms with E-state index in [0.29, 0.717) is 0 Å². The molecule has 0 aliphatic rings. The van der Waals surface area contributed by atoms with Crippen LogP contribution in [0.5, 0.6) is 0 Å². The lowest BCUT2D eigenvalue weighted by atomic mass is 10.1. The second kappa shape index (κ2) is 4.97. The Labute approximate surface area is 104 Å². The van der Waals surface area contributed by atoms with Gasteiger partial charge in [0, 0.05) is 6.04 Å². The first-order chi connectivity index (χ1) is 8.63. The summed E-state index contributed by atoms with van der Waals surface area (Å²) in [5.41, 5.74) is 7.62. The molecule has 0 fully saturated rings. The molecular formula is C12H14N4O2. The third kappa shape index (κ3) is 2.23. The third-order valence-corrected chi connectivity index (χ3v) is 2.53. The fraction of sp³-hybridized carbons (Fsp3) is 0.250. The Hall–Kier alpha value is -2.21. The fourth-order valence-electron chi connectivity index (χ4n) is 1.65. The summed E-state index contributed by atoms with van der Waals surface area (Å²) in [6.45, 7) is 1.89. The molecule has 94 valence electrons. The fourth-order valence-corrected chi connectivity index (χ4v) is 1.65. The lowest BCUT2D eigenvalue weighted by Crippen LogP contribution is -2.11. The van der Waals surface area contributed by atoms with Gasteiger partial charge >= 0.3 is 5.97 Å². The monoisotopic (exact) mass is 246 g/mol. The van der Waals surface area contributed by atoms with Crippen molar-refractivity contribution in [2.24, 2.45) is 5.73 Å². The standard InChI is InChI=1S/C12H14N4O2/c1-8(13)9-5-3-4-6-10(9)16-7-14-11(15-16)12(17)18-2/h3-8H,13H2,1-2H3/t8-/m1/s1. The van der Waals surface area contributed by atoms with Crippen molar-refractivity contribution in [2.75, 3.05) is 7.11 Å². The molecule has 0 unspecified atom stereocenters. The summed E-state index contributed by atoms with van der Waals surface area (Å²) in [4.78, 5) is 15.2. The largest absolute Gasteiger partial charge is 0.463 e. The second-order valence-corrected chi connectivity index (χ2v) is 3.85. The minimum Gasteiger partial charge on any atom is -0.463 e. The molecule has 1 aromatic carbocycles. The van der Waals surface area contributed by atoms with E-state index < -0.39 is 5.97 Å². The van der Waals surface area contributed by atoms with E-state index >= 15 is 0 Å². The Bertz CT molecular complexity index is 563. The van der Waals surface area contributed by atoms with Gasteiger partial charge in [-0.25, -0.2) is 14.5 Å². The number of rotatable bonds is 3. The van der Waals surface area contributed by atoms with Crippen LogP contribution in [0, 0.1) is 0 Å². The van der Waals surface area contributed by atoms with Crippen molar-refractivity contribution < 1.29 is 9.53 Å². The van der Waals surface area contributed by atoms with Crippen LogP contribution in [-0.4, -0.2) is 27.8 Å². The molecule has 0 amide bonds. The van der Waals surface area contributed by atoms with Gasteiger partial charge in [-0.05, 0) is 18.6 Å². The number of nitrogens with two attached hydrogens (primary N) is 1. The predicted octanol–water partition coefficient (Wildman–Crippen LogP) is 1.07. The summed E-state index contributed by atoms with van der Waals surface area (Å²) in [5, 5.41) is 4.07. The van der Waals surface area contributed by atoms with Crippen molar-refractivity contribution >= 4 is 5.97 Å². The van der Waals surface area contributed by atoms with Crippen LogP contribution in [0.25, 0.3) is 5.69 Å². The molecule has 1 heterocycles. The number of benzene rings is 1. The zero-order valence-corrected chi connectivity index (χ0v) is 10.2. The molecule has 18 heavy (non-hydrogen) atoms. The van der Waals surface area contributed by atoms with Gasteiger partial charge in [0.05, 0.1) is 12.8 Å². The highest BCUT2D eigenvalue weighted by Gasteiger charge is 2.14. The molecule has 2 N–H and O–H groups in total. The second-order valence-electron chi connectivity index (χ2n) is 3.85. The van der Waals surface area contributed by atoms with Crippen molar-refractivity contribution in [1.29, 1.82) is 0 Å². The van der Waals surface area contributed by atoms with Crippen LogP contribution in [0.4, 0.5) is 0 Å². The Morgan fingerprint density at radius 1 is 1.44 bits per heavy atom. The maximum absolute atomic E-state index is 11.3. The number of nitrogens with zero attached hydrogens (tertiary/aromatic N) is 3. The zero-order chi connectivity index (χ0) is 13.1. The van der Waals surface area contributed by atoms with Crippen LogP contribution in [0.1, 0.15) is 29.1 Å². The molecule has 0 bridgehead atoms. The third-order valence-electron chi connectivity index (χ3n) is 2.53. The van der Waals surface area contributed by atoms with Gasteiger partial charge in [0.15, 0.2) is 0 Å². The highest BCUT2D eigenvalue weighted by Crippen LogP contribution is 2.18. The summed E-state index contributed by atoms with van der Waals surface area (Å²) >= 11 is 0. The molecule has 1 atom stereocenters. The smallest absolute Gasteiger partial charge is 0.377 e. The Balaban J connectivity index is 2.43. The number of para-hydroxylation sites is 1. The molecule has 0 aliphatic carbocycles. The van der Waals surface area contributed by atoms with Crippen LogP contribution < -0.4 is 5.73 Å². The number of ether oxygens (including phenoxy) is 1. The number of hydrogen-bond donors (Lipinski definition) is 1. The van der Waals surface area contributed by atoms with Gasteiger partial charge in [-0.1, -0.05) is 18.2 Å². The van der Waals surface area contributed by atoms with E-state index in [9.17, 15) is 4.79 Å². The van der Waals surface area contributed by atoms with E-state index in [-0.39, 0.29) is 11.9 Å². The number of hydrogen-bond acceptors (Lipinski definition) is 5. The predicted molar refractivity (Wildman–Crippen MR) is 65.3 cm³/mol. The topological polar surface area (TPSA) is 83.0 Å². The van der Waals surface area contributed by atoms with Crippen molar-refractivity contribution in [3.8, 4) is 5.69 Å². The van der Waals surface area contributed by atoms with Gasteiger partial charge in [0.25, 0.3) is 5.82 Å². The minimum absolute atomic E-state index is 0.0250. The van der Waals surface area contributed by atoms with Crippen molar-refractivity contribution in [2.45, 2.75) is 13.0 Å². The molecule has 0 saturated heterocycles. The van der Waals surface area contributed by atoms with Gasteiger partial charge in [-0.2, -0.15) is 0 Å². The summed E-state index contributed by atoms with van der Waals surface area (Å²) in [6.07, 6.45) is 1.47. The average molecular weight is 246 g/mol. The first-order valence-electron chi connectivity index (χ1n) is 5.48. The number of carbonyl (C=O) groups is 1. The Morgan fingerprint density at radius 2 is 2.17 bits per heavy atom. The maximum Gasteiger partial charge on any atom is 0.377 e. The van der Waals surface area contributed by atoms with E-state index in [1.54, 1.807) is 0 Å². The van der Waals surface area contributed by atoms with E-state index in [4.69, 9.17) is 5.73 Å². The Morgan fingerprint density at radius 3 is 2.83 bits per heavy atom. The van der Waals surface area contributed by atoms with Crippen LogP contribution in [0.15, 0.2) is 30.6 Å². The van der Waals surface area contributed by atoms with Gasteiger partial charge in [0.1, 0.15) is 6.33 Å². The molecule has 1 aromatic heterocycles. The lowest BCUT2D eigenvalue weighted by molar-refractivity contribution is 0.0587. The lowest BCUT2D eigenvalue weighted by Gasteiger charge is -2.11. The number of aromatic nitrogens is 3. The minimum atomic E-state index is -0.563. The van der Waals surface area contributed by atoms with E-state index in [1.807, 2.05) is 31.2 Å². The molecule has 2 aromatic rings. The maximum atomic E-state index is 11.3. The molecule has 0 spiro atoms. The zero-order valence-electron chi connectivity index (χ0n) is 10.2. The van der Waals surface area contributed by atoms with E-state index in [0.717, 1.165) is 11.3 Å². The molecule has 0 saturated carbocycles. The molecule has 6 nitrogen and oxygen atoms in total. The highest BCUT2D eigenvalue weighted by atomic mass is 16.5. The first-order valence-corrected chi connectivity index (χ1v) is 5.48. The van der Waals surface area contributed by atoms with Crippen LogP contribution >= 0.6 is 0 Å². The van der Waals surface area contributed by atoms with Gasteiger partial charge in [-0.15, -0.1) is 5.10 Å². The van der Waals surface area contributed by atoms with Gasteiger partial charge < -0.3 is 10.5 Å². The van der Waals surface area contributed by atoms with Crippen molar-refractivity contribution in [3.63, 3.8) is 0 Å². The summed E-state index contributed by atoms with van der Waals surface area (Å²) < 4.78 is 6.08. The van der Waals surface area contributed by atoms with Gasteiger partial charge in [0.2, 0.25) is 0 Å². The first kappa shape index (κ1) is 12.3. The Kier molecular flexibility index (Phi) is 3.38. The SMILES string of the molecule is COC(=O)c1ncn(-c2ccccc2[C@@H](C)N)n1. The number of carbonyl (C=O) groups excluding carboxylic acids is 1. The van der Waals surface area contributed by atoms with E-state index in [2.05, 4.69) is 14.8 Å². The summed E-state index contributed by atoms with van der Waals surface area (Å²) in [7, 11) is 1.29. The van der Waals surface area contributed by atoms with Crippen molar-refractivity contribution in [1.82, 2.24) is 14.8 Å². The normalized spacial score (nSPS) is 12.2. The molecule has 0 aliphatic heterocycles.